The Morgan fingerprint density at radius 1 is 0.968 bits per heavy atom. The Morgan fingerprint density at radius 2 is 1.61 bits per heavy atom. The van der Waals surface area contributed by atoms with Gasteiger partial charge in [-0.05, 0) is 57.9 Å². The molecule has 0 aliphatic carbocycles. The Bertz CT molecular complexity index is 1160. The van der Waals surface area contributed by atoms with Gasteiger partial charge in [-0.1, -0.05) is 18.6 Å². The standard InChI is InChI=1S/C20H27N3O6S2/c1-20(2,3)22-30(25,26)18-12-11-16(29-18)19(24)21-15-9-5-6-10-17(15)31(27,28)23-13-7-4-8-14-23/h5-6,9-12,22H,4,7-8,13-14H2,1-3H3,(H,21,24). The summed E-state index contributed by atoms with van der Waals surface area (Å²) >= 11 is 0. The molecule has 1 saturated heterocycles. The van der Waals surface area contributed by atoms with Crippen LogP contribution in [-0.4, -0.2) is 45.7 Å². The van der Waals surface area contributed by atoms with Crippen LogP contribution in [0.3, 0.4) is 0 Å². The van der Waals surface area contributed by atoms with Crippen molar-refractivity contribution in [3.8, 4) is 0 Å². The van der Waals surface area contributed by atoms with E-state index < -0.39 is 36.6 Å². The summed E-state index contributed by atoms with van der Waals surface area (Å²) in [7, 11) is -7.73. The molecule has 1 amide bonds. The summed E-state index contributed by atoms with van der Waals surface area (Å²) in [6.45, 7) is 5.91. The minimum Gasteiger partial charge on any atom is -0.438 e. The van der Waals surface area contributed by atoms with E-state index in [0.717, 1.165) is 19.3 Å². The Morgan fingerprint density at radius 3 is 2.26 bits per heavy atom. The average Bonchev–Trinajstić information content (AvgIpc) is 3.19. The number of furan rings is 1. The van der Waals surface area contributed by atoms with Crippen LogP contribution >= 0.6 is 0 Å². The van der Waals surface area contributed by atoms with Crippen molar-refractivity contribution in [1.82, 2.24) is 9.03 Å². The third kappa shape index (κ3) is 5.53. The molecule has 0 unspecified atom stereocenters. The first-order chi connectivity index (χ1) is 14.4. The highest BCUT2D eigenvalue weighted by atomic mass is 32.2. The largest absolute Gasteiger partial charge is 0.438 e. The SMILES string of the molecule is CC(C)(C)NS(=O)(=O)c1ccc(C(=O)Nc2ccccc2S(=O)(=O)N2CCCCC2)o1. The number of hydrogen-bond donors (Lipinski definition) is 2. The molecule has 2 aromatic rings. The van der Waals surface area contributed by atoms with E-state index in [9.17, 15) is 21.6 Å². The highest BCUT2D eigenvalue weighted by molar-refractivity contribution is 7.89. The van der Waals surface area contributed by atoms with Crippen LogP contribution in [0.4, 0.5) is 5.69 Å². The summed E-state index contributed by atoms with van der Waals surface area (Å²) in [5.41, 5.74) is -0.623. The third-order valence-electron chi connectivity index (χ3n) is 4.58. The number of carbonyl (C=O) groups excluding carboxylic acids is 1. The molecule has 31 heavy (non-hydrogen) atoms. The number of rotatable bonds is 6. The first kappa shape index (κ1) is 23.5. The number of amides is 1. The second-order valence-corrected chi connectivity index (χ2v) is 11.9. The molecule has 0 bridgehead atoms. The van der Waals surface area contributed by atoms with Gasteiger partial charge in [0.05, 0.1) is 5.69 Å². The molecule has 170 valence electrons. The van der Waals surface area contributed by atoms with Crippen molar-refractivity contribution in [1.29, 1.82) is 0 Å². The molecule has 0 radical (unpaired) electrons. The van der Waals surface area contributed by atoms with Crippen molar-refractivity contribution in [2.24, 2.45) is 0 Å². The quantitative estimate of drug-likeness (QED) is 0.670. The highest BCUT2D eigenvalue weighted by Gasteiger charge is 2.30. The lowest BCUT2D eigenvalue weighted by atomic mass is 10.1. The van der Waals surface area contributed by atoms with Crippen molar-refractivity contribution >= 4 is 31.6 Å². The van der Waals surface area contributed by atoms with Crippen molar-refractivity contribution in [2.75, 3.05) is 18.4 Å². The number of benzene rings is 1. The van der Waals surface area contributed by atoms with Crippen LogP contribution in [0.15, 0.2) is 50.8 Å². The highest BCUT2D eigenvalue weighted by Crippen LogP contribution is 2.27. The number of nitrogens with one attached hydrogen (secondary N) is 2. The molecular formula is C20H27N3O6S2. The lowest BCUT2D eigenvalue weighted by Gasteiger charge is -2.26. The number of piperidine rings is 1. The second-order valence-electron chi connectivity index (χ2n) is 8.39. The summed E-state index contributed by atoms with van der Waals surface area (Å²) in [5, 5.41) is 2.13. The normalized spacial score (nSPS) is 16.2. The third-order valence-corrected chi connectivity index (χ3v) is 8.17. The van der Waals surface area contributed by atoms with E-state index >= 15 is 0 Å². The maximum atomic E-state index is 13.1. The summed E-state index contributed by atoms with van der Waals surface area (Å²) in [5.74, 6) is -1.00. The molecule has 1 fully saturated rings. The predicted molar refractivity (Wildman–Crippen MR) is 116 cm³/mol. The molecule has 0 saturated carbocycles. The van der Waals surface area contributed by atoms with Gasteiger partial charge in [-0.15, -0.1) is 0 Å². The van der Waals surface area contributed by atoms with Gasteiger partial charge in [0, 0.05) is 18.6 Å². The molecule has 3 rings (SSSR count). The molecule has 1 aliphatic heterocycles. The molecule has 11 heteroatoms. The van der Waals surface area contributed by atoms with Crippen LogP contribution in [0, 0.1) is 0 Å². The van der Waals surface area contributed by atoms with E-state index in [-0.39, 0.29) is 16.3 Å². The minimum atomic E-state index is -3.95. The topological polar surface area (TPSA) is 126 Å². The molecular weight excluding hydrogens is 442 g/mol. The van der Waals surface area contributed by atoms with Gasteiger partial charge < -0.3 is 9.73 Å². The van der Waals surface area contributed by atoms with E-state index in [1.807, 2.05) is 0 Å². The van der Waals surface area contributed by atoms with Gasteiger partial charge in [0.2, 0.25) is 15.1 Å². The number of para-hydroxylation sites is 1. The molecule has 1 aliphatic rings. The van der Waals surface area contributed by atoms with Crippen molar-refractivity contribution < 1.29 is 26.0 Å². The molecule has 0 atom stereocenters. The van der Waals surface area contributed by atoms with E-state index in [1.165, 1.54) is 28.6 Å². The predicted octanol–water partition coefficient (Wildman–Crippen LogP) is 2.78. The molecule has 1 aromatic heterocycles. The van der Waals surface area contributed by atoms with E-state index in [0.29, 0.717) is 13.1 Å². The number of nitrogens with zero attached hydrogens (tertiary/aromatic N) is 1. The molecule has 2 heterocycles. The van der Waals surface area contributed by atoms with Gasteiger partial charge in [-0.2, -0.15) is 4.31 Å². The summed E-state index contributed by atoms with van der Waals surface area (Å²) in [6.07, 6.45) is 2.57. The lowest BCUT2D eigenvalue weighted by molar-refractivity contribution is 0.0991. The fourth-order valence-electron chi connectivity index (χ4n) is 3.26. The fraction of sp³-hybridized carbons (Fsp3) is 0.450. The van der Waals surface area contributed by atoms with E-state index in [1.54, 1.807) is 32.9 Å². The van der Waals surface area contributed by atoms with Gasteiger partial charge in [0.15, 0.2) is 5.76 Å². The van der Waals surface area contributed by atoms with Gasteiger partial charge in [-0.25, -0.2) is 21.6 Å². The zero-order valence-corrected chi connectivity index (χ0v) is 19.3. The van der Waals surface area contributed by atoms with Crippen molar-refractivity contribution in [3.63, 3.8) is 0 Å². The fourth-order valence-corrected chi connectivity index (χ4v) is 6.28. The zero-order chi connectivity index (χ0) is 22.9. The smallest absolute Gasteiger partial charge is 0.291 e. The second kappa shape index (κ2) is 8.73. The Balaban J connectivity index is 1.83. The summed E-state index contributed by atoms with van der Waals surface area (Å²) < 4.78 is 60.0. The minimum absolute atomic E-state index is 0.0148. The molecule has 1 aromatic carbocycles. The first-order valence-electron chi connectivity index (χ1n) is 9.94. The first-order valence-corrected chi connectivity index (χ1v) is 12.9. The van der Waals surface area contributed by atoms with Crippen LogP contribution in [0.25, 0.3) is 0 Å². The van der Waals surface area contributed by atoms with Gasteiger partial charge in [0.25, 0.3) is 15.9 Å². The van der Waals surface area contributed by atoms with Crippen LogP contribution in [0.2, 0.25) is 0 Å². The maximum Gasteiger partial charge on any atom is 0.291 e. The van der Waals surface area contributed by atoms with E-state index in [2.05, 4.69) is 10.0 Å². The lowest BCUT2D eigenvalue weighted by Crippen LogP contribution is -2.40. The maximum absolute atomic E-state index is 13.1. The van der Waals surface area contributed by atoms with Crippen molar-refractivity contribution in [2.45, 2.75) is 55.6 Å². The van der Waals surface area contributed by atoms with Gasteiger partial charge >= 0.3 is 0 Å². The average molecular weight is 470 g/mol. The van der Waals surface area contributed by atoms with Crippen molar-refractivity contribution in [3.05, 3.63) is 42.2 Å². The Hall–Kier alpha value is -2.21. The number of anilines is 1. The summed E-state index contributed by atoms with van der Waals surface area (Å²) in [6, 6.07) is 8.52. The van der Waals surface area contributed by atoms with Crippen LogP contribution in [-0.2, 0) is 20.0 Å². The van der Waals surface area contributed by atoms with Crippen LogP contribution in [0.1, 0.15) is 50.6 Å². The monoisotopic (exact) mass is 469 g/mol. The number of hydrogen-bond acceptors (Lipinski definition) is 6. The molecule has 2 N–H and O–H groups in total. The van der Waals surface area contributed by atoms with Crippen LogP contribution in [0.5, 0.6) is 0 Å². The van der Waals surface area contributed by atoms with Gasteiger partial charge in [-0.3, -0.25) is 4.79 Å². The number of carbonyl (C=O) groups is 1. The Labute approximate surface area is 182 Å². The number of sulfonamides is 2. The zero-order valence-electron chi connectivity index (χ0n) is 17.7. The Kier molecular flexibility index (Phi) is 6.61. The van der Waals surface area contributed by atoms with Gasteiger partial charge in [0.1, 0.15) is 4.90 Å². The molecule has 0 spiro atoms. The van der Waals surface area contributed by atoms with E-state index in [4.69, 9.17) is 4.42 Å². The van der Waals surface area contributed by atoms with Crippen LogP contribution < -0.4 is 10.0 Å². The summed E-state index contributed by atoms with van der Waals surface area (Å²) in [4.78, 5) is 12.7. The molecule has 9 nitrogen and oxygen atoms in total.